The van der Waals surface area contributed by atoms with Gasteiger partial charge in [0.25, 0.3) is 11.5 Å². The van der Waals surface area contributed by atoms with Crippen molar-refractivity contribution in [1.29, 1.82) is 0 Å². The normalized spacial score (nSPS) is 15.2. The smallest absolute Gasteiger partial charge is 0.271 e. The molecule has 0 unspecified atom stereocenters. The minimum atomic E-state index is -0.670. The van der Waals surface area contributed by atoms with Gasteiger partial charge in [-0.2, -0.15) is 0 Å². The number of allylic oxidation sites excluding steroid dienone is 1. The quantitative estimate of drug-likeness (QED) is 0.298. The lowest BCUT2D eigenvalue weighted by Gasteiger charge is -2.29. The third-order valence-electron chi connectivity index (χ3n) is 7.30. The second kappa shape index (κ2) is 11.7. The number of benzene rings is 3. The number of hydrogen-bond donors (Lipinski definition) is 0. The van der Waals surface area contributed by atoms with Crippen LogP contribution in [0.1, 0.15) is 51.8 Å². The number of carbonyl (C=O) groups excluding carboxylic acids is 1. The third kappa shape index (κ3) is 5.20. The maximum absolute atomic E-state index is 14.2. The standard InChI is InChI=1S/C33H35N3O4S/c1-7-35(8-2)32(38)29-21(5)34-33-36(30(29)25-15-11-12-16-26(25)39-6)31(37)28(41-33)19-22-17-18-27(40-20(3)4)24-14-10-9-13-23(22)24/h9-20,30H,7-8H2,1-6H3/b28-19+/t30-/m0/s1. The van der Waals surface area contributed by atoms with E-state index in [1.54, 1.807) is 16.6 Å². The van der Waals surface area contributed by atoms with Gasteiger partial charge in [-0.3, -0.25) is 14.2 Å². The van der Waals surface area contributed by atoms with E-state index >= 15 is 0 Å². The van der Waals surface area contributed by atoms with Crippen LogP contribution in [0.3, 0.4) is 0 Å². The summed E-state index contributed by atoms with van der Waals surface area (Å²) in [7, 11) is 1.60. The van der Waals surface area contributed by atoms with E-state index in [1.807, 2.05) is 101 Å². The molecule has 0 saturated carbocycles. The Morgan fingerprint density at radius 1 is 1.02 bits per heavy atom. The lowest BCUT2D eigenvalue weighted by molar-refractivity contribution is -0.127. The van der Waals surface area contributed by atoms with Gasteiger partial charge in [0.1, 0.15) is 17.5 Å². The molecule has 1 aliphatic heterocycles. The number of likely N-dealkylation sites (N-methyl/N-ethyl adjacent to an activating group) is 1. The maximum Gasteiger partial charge on any atom is 0.271 e. The van der Waals surface area contributed by atoms with Gasteiger partial charge < -0.3 is 14.4 Å². The Morgan fingerprint density at radius 2 is 1.71 bits per heavy atom. The molecule has 0 radical (unpaired) electrons. The Morgan fingerprint density at radius 3 is 2.39 bits per heavy atom. The van der Waals surface area contributed by atoms with E-state index < -0.39 is 6.04 Å². The average molecular weight is 570 g/mol. The van der Waals surface area contributed by atoms with Crippen molar-refractivity contribution in [3.63, 3.8) is 0 Å². The zero-order valence-electron chi connectivity index (χ0n) is 24.3. The molecule has 8 heteroatoms. The molecular weight excluding hydrogens is 534 g/mol. The van der Waals surface area contributed by atoms with Crippen LogP contribution in [0.5, 0.6) is 11.5 Å². The van der Waals surface area contributed by atoms with Crippen LogP contribution in [0.4, 0.5) is 0 Å². The Labute approximate surface area is 243 Å². The van der Waals surface area contributed by atoms with Gasteiger partial charge in [-0.25, -0.2) is 4.99 Å². The molecule has 212 valence electrons. The van der Waals surface area contributed by atoms with Crippen molar-refractivity contribution < 1.29 is 14.3 Å². The second-order valence-corrected chi connectivity index (χ2v) is 11.2. The van der Waals surface area contributed by atoms with Crippen molar-refractivity contribution in [2.24, 2.45) is 4.99 Å². The Balaban J connectivity index is 1.75. The highest BCUT2D eigenvalue weighted by Gasteiger charge is 2.35. The molecule has 0 saturated heterocycles. The summed E-state index contributed by atoms with van der Waals surface area (Å²) in [4.78, 5) is 35.2. The van der Waals surface area contributed by atoms with Crippen LogP contribution in [0.25, 0.3) is 16.8 Å². The molecule has 1 atom stereocenters. The van der Waals surface area contributed by atoms with Gasteiger partial charge in [-0.05, 0) is 63.8 Å². The van der Waals surface area contributed by atoms with Crippen molar-refractivity contribution in [3.05, 3.63) is 103 Å². The van der Waals surface area contributed by atoms with E-state index in [2.05, 4.69) is 0 Å². The molecule has 5 rings (SSSR count). The van der Waals surface area contributed by atoms with Gasteiger partial charge in [-0.15, -0.1) is 0 Å². The van der Waals surface area contributed by atoms with E-state index in [0.29, 0.717) is 39.4 Å². The van der Waals surface area contributed by atoms with E-state index in [1.165, 1.54) is 11.3 Å². The van der Waals surface area contributed by atoms with Gasteiger partial charge in [0, 0.05) is 24.0 Å². The molecule has 0 bridgehead atoms. The monoisotopic (exact) mass is 569 g/mol. The van der Waals surface area contributed by atoms with Crippen LogP contribution in [-0.4, -0.2) is 41.7 Å². The summed E-state index contributed by atoms with van der Waals surface area (Å²) in [5.41, 5.74) is 2.54. The highest BCUT2D eigenvalue weighted by Crippen LogP contribution is 2.36. The summed E-state index contributed by atoms with van der Waals surface area (Å²) >= 11 is 1.33. The maximum atomic E-state index is 14.2. The largest absolute Gasteiger partial charge is 0.496 e. The number of ether oxygens (including phenoxy) is 2. The Kier molecular flexibility index (Phi) is 8.13. The Hall–Kier alpha value is -4.17. The molecule has 41 heavy (non-hydrogen) atoms. The molecular formula is C33H35N3O4S. The summed E-state index contributed by atoms with van der Waals surface area (Å²) in [5.74, 6) is 1.28. The predicted octanol–water partition coefficient (Wildman–Crippen LogP) is 5.05. The zero-order chi connectivity index (χ0) is 29.3. The molecule has 0 spiro atoms. The number of rotatable bonds is 8. The number of para-hydroxylation sites is 1. The van der Waals surface area contributed by atoms with Crippen molar-refractivity contribution in [1.82, 2.24) is 9.47 Å². The highest BCUT2D eigenvalue weighted by molar-refractivity contribution is 7.07. The molecule has 1 aliphatic rings. The fourth-order valence-electron chi connectivity index (χ4n) is 5.38. The lowest BCUT2D eigenvalue weighted by Crippen LogP contribution is -2.43. The zero-order valence-corrected chi connectivity index (χ0v) is 25.1. The van der Waals surface area contributed by atoms with Crippen molar-refractivity contribution in [3.8, 4) is 11.5 Å². The molecule has 0 N–H and O–H groups in total. The van der Waals surface area contributed by atoms with Crippen LogP contribution >= 0.6 is 11.3 Å². The molecule has 7 nitrogen and oxygen atoms in total. The van der Waals surface area contributed by atoms with E-state index in [-0.39, 0.29) is 17.6 Å². The summed E-state index contributed by atoms with van der Waals surface area (Å²) in [6, 6.07) is 18.8. The van der Waals surface area contributed by atoms with Crippen LogP contribution in [0.15, 0.2) is 81.7 Å². The minimum Gasteiger partial charge on any atom is -0.496 e. The van der Waals surface area contributed by atoms with Gasteiger partial charge in [0.05, 0.1) is 29.0 Å². The van der Waals surface area contributed by atoms with Gasteiger partial charge >= 0.3 is 0 Å². The number of amides is 1. The number of carbonyl (C=O) groups is 1. The Bertz CT molecular complexity index is 1830. The van der Waals surface area contributed by atoms with Gasteiger partial charge in [0.2, 0.25) is 0 Å². The van der Waals surface area contributed by atoms with E-state index in [4.69, 9.17) is 14.5 Å². The number of methoxy groups -OCH3 is 1. The first-order chi connectivity index (χ1) is 19.8. The average Bonchev–Trinajstić information content (AvgIpc) is 3.27. The van der Waals surface area contributed by atoms with Crippen LogP contribution in [0, 0.1) is 0 Å². The first-order valence-electron chi connectivity index (χ1n) is 13.9. The van der Waals surface area contributed by atoms with Crippen molar-refractivity contribution in [2.75, 3.05) is 20.2 Å². The summed E-state index contributed by atoms with van der Waals surface area (Å²) < 4.78 is 13.9. The molecule has 3 aromatic carbocycles. The first-order valence-corrected chi connectivity index (χ1v) is 14.7. The first kappa shape index (κ1) is 28.4. The predicted molar refractivity (Wildman–Crippen MR) is 164 cm³/mol. The fourth-order valence-corrected chi connectivity index (χ4v) is 6.42. The molecule has 0 fully saturated rings. The minimum absolute atomic E-state index is 0.0411. The summed E-state index contributed by atoms with van der Waals surface area (Å²) in [5, 5.41) is 1.98. The van der Waals surface area contributed by atoms with Crippen molar-refractivity contribution >= 4 is 34.1 Å². The summed E-state index contributed by atoms with van der Waals surface area (Å²) in [6.07, 6.45) is 1.95. The summed E-state index contributed by atoms with van der Waals surface area (Å²) in [6.45, 7) is 10.9. The van der Waals surface area contributed by atoms with Crippen LogP contribution in [0.2, 0.25) is 0 Å². The van der Waals surface area contributed by atoms with Crippen LogP contribution < -0.4 is 24.4 Å². The molecule has 4 aromatic rings. The fraction of sp³-hybridized carbons (Fsp3) is 0.303. The molecule has 2 heterocycles. The number of aromatic nitrogens is 1. The number of hydrogen-bond acceptors (Lipinski definition) is 6. The number of thiazole rings is 1. The molecule has 0 aliphatic carbocycles. The van der Waals surface area contributed by atoms with E-state index in [0.717, 1.165) is 27.6 Å². The third-order valence-corrected chi connectivity index (χ3v) is 8.29. The topological polar surface area (TPSA) is 73.1 Å². The molecule has 1 amide bonds. The number of nitrogens with zero attached hydrogens (tertiary/aromatic N) is 3. The van der Waals surface area contributed by atoms with E-state index in [9.17, 15) is 9.59 Å². The van der Waals surface area contributed by atoms with Crippen molar-refractivity contribution in [2.45, 2.75) is 46.8 Å². The second-order valence-electron chi connectivity index (χ2n) is 10.2. The molecule has 1 aromatic heterocycles. The van der Waals surface area contributed by atoms with Crippen LogP contribution in [-0.2, 0) is 4.79 Å². The SMILES string of the molecule is CCN(CC)C(=O)C1=C(C)N=c2s/c(=C/c3ccc(OC(C)C)c4ccccc34)c(=O)n2[C@H]1c1ccccc1OC. The highest BCUT2D eigenvalue weighted by atomic mass is 32.1. The van der Waals surface area contributed by atoms with Gasteiger partial charge in [0.15, 0.2) is 4.80 Å². The lowest BCUT2D eigenvalue weighted by atomic mass is 9.94. The number of fused-ring (bicyclic) bond motifs is 2. The van der Waals surface area contributed by atoms with Gasteiger partial charge in [-0.1, -0.05) is 59.9 Å².